The van der Waals surface area contributed by atoms with Crippen molar-refractivity contribution in [3.63, 3.8) is 0 Å². The fourth-order valence-corrected chi connectivity index (χ4v) is 2.37. The highest BCUT2D eigenvalue weighted by Crippen LogP contribution is 2.29. The second-order valence-corrected chi connectivity index (χ2v) is 5.49. The zero-order valence-electron chi connectivity index (χ0n) is 13.3. The van der Waals surface area contributed by atoms with Gasteiger partial charge in [-0.15, -0.1) is 6.42 Å². The third kappa shape index (κ3) is 3.34. The van der Waals surface area contributed by atoms with Crippen molar-refractivity contribution < 1.29 is 18.7 Å². The summed E-state index contributed by atoms with van der Waals surface area (Å²) in [5, 5.41) is 0. The van der Waals surface area contributed by atoms with Gasteiger partial charge < -0.3 is 9.47 Å². The molecule has 0 spiro atoms. The quantitative estimate of drug-likeness (QED) is 0.501. The van der Waals surface area contributed by atoms with E-state index in [1.807, 2.05) is 4.98 Å². The first-order chi connectivity index (χ1) is 12.4. The molecule has 0 aliphatic carbocycles. The summed E-state index contributed by atoms with van der Waals surface area (Å²) >= 11 is 0. The predicted octanol–water partition coefficient (Wildman–Crippen LogP) is 0.990. The van der Waals surface area contributed by atoms with Crippen LogP contribution in [0.15, 0.2) is 58.3 Å². The van der Waals surface area contributed by atoms with E-state index in [0.717, 1.165) is 10.8 Å². The number of nitrogens with zero attached hydrogens (tertiary/aromatic N) is 1. The molecule has 0 unspecified atom stereocenters. The van der Waals surface area contributed by atoms with Crippen LogP contribution >= 0.6 is 0 Å². The number of esters is 1. The standard InChI is InChI=1S/C18H13FN2O5/c1-2-18(11-25-16(23)12-6-4-3-5-7-12)9-8-14(26-18)21-10-13(19)15(22)20-17(21)24/h1,3-10,14H,11H2,(H,20,22,24)/t14-,18+/m1/s1. The molecule has 0 bridgehead atoms. The SMILES string of the molecule is C#C[C@@]1(COC(=O)c2ccccc2)C=C[C@H](n2cc(F)c(=O)[nH]c2=O)O1. The Morgan fingerprint density at radius 2 is 2.12 bits per heavy atom. The summed E-state index contributed by atoms with van der Waals surface area (Å²) in [6.07, 6.45) is 8.00. The summed E-state index contributed by atoms with van der Waals surface area (Å²) in [7, 11) is 0. The van der Waals surface area contributed by atoms with E-state index < -0.39 is 34.9 Å². The van der Waals surface area contributed by atoms with E-state index in [-0.39, 0.29) is 6.61 Å². The molecule has 2 aromatic rings. The van der Waals surface area contributed by atoms with Gasteiger partial charge >= 0.3 is 11.7 Å². The monoisotopic (exact) mass is 356 g/mol. The van der Waals surface area contributed by atoms with Gasteiger partial charge in [-0.05, 0) is 24.3 Å². The van der Waals surface area contributed by atoms with Gasteiger partial charge in [0.1, 0.15) is 6.61 Å². The lowest BCUT2D eigenvalue weighted by molar-refractivity contribution is -0.0576. The molecule has 1 aromatic heterocycles. The lowest BCUT2D eigenvalue weighted by atomic mass is 10.1. The van der Waals surface area contributed by atoms with Crippen LogP contribution < -0.4 is 11.2 Å². The van der Waals surface area contributed by atoms with E-state index in [2.05, 4.69) is 5.92 Å². The Labute approximate surface area is 146 Å². The molecule has 1 aliphatic rings. The molecule has 2 atom stereocenters. The number of H-pyrrole nitrogens is 1. The fraction of sp³-hybridized carbons (Fsp3) is 0.167. The van der Waals surface area contributed by atoms with E-state index in [4.69, 9.17) is 15.9 Å². The molecule has 0 saturated carbocycles. The van der Waals surface area contributed by atoms with Crippen molar-refractivity contribution in [2.45, 2.75) is 11.8 Å². The lowest BCUT2D eigenvalue weighted by Gasteiger charge is -2.23. The highest BCUT2D eigenvalue weighted by molar-refractivity contribution is 5.89. The van der Waals surface area contributed by atoms with Crippen LogP contribution in [0.4, 0.5) is 4.39 Å². The summed E-state index contributed by atoms with van der Waals surface area (Å²) in [5.74, 6) is 0.629. The third-order valence-electron chi connectivity index (χ3n) is 3.73. The topological polar surface area (TPSA) is 90.4 Å². The molecule has 1 aliphatic heterocycles. The fourth-order valence-electron chi connectivity index (χ4n) is 2.37. The van der Waals surface area contributed by atoms with Gasteiger partial charge in [-0.2, -0.15) is 4.39 Å². The van der Waals surface area contributed by atoms with Crippen molar-refractivity contribution in [2.24, 2.45) is 0 Å². The van der Waals surface area contributed by atoms with E-state index in [1.165, 1.54) is 12.2 Å². The van der Waals surface area contributed by atoms with Gasteiger partial charge in [0.2, 0.25) is 5.82 Å². The Morgan fingerprint density at radius 3 is 2.81 bits per heavy atom. The number of hydrogen-bond donors (Lipinski definition) is 1. The number of rotatable bonds is 4. The Hall–Kier alpha value is -3.44. The molecule has 1 N–H and O–H groups in total. The van der Waals surface area contributed by atoms with Crippen LogP contribution in [0, 0.1) is 18.2 Å². The van der Waals surface area contributed by atoms with Crippen LogP contribution in [0.2, 0.25) is 0 Å². The number of benzene rings is 1. The minimum Gasteiger partial charge on any atom is -0.458 e. The first kappa shape index (κ1) is 17.4. The van der Waals surface area contributed by atoms with Crippen LogP contribution in [-0.4, -0.2) is 27.7 Å². The predicted molar refractivity (Wildman–Crippen MR) is 88.8 cm³/mol. The van der Waals surface area contributed by atoms with Crippen LogP contribution in [0.5, 0.6) is 0 Å². The maximum absolute atomic E-state index is 13.4. The Morgan fingerprint density at radius 1 is 1.38 bits per heavy atom. The van der Waals surface area contributed by atoms with Gasteiger partial charge in [0.25, 0.3) is 5.56 Å². The molecule has 1 aromatic carbocycles. The van der Waals surface area contributed by atoms with Crippen molar-refractivity contribution in [2.75, 3.05) is 6.61 Å². The summed E-state index contributed by atoms with van der Waals surface area (Å²) < 4.78 is 25.1. The molecule has 2 heterocycles. The Kier molecular flexibility index (Phi) is 4.56. The average molecular weight is 356 g/mol. The van der Waals surface area contributed by atoms with Gasteiger partial charge in [0.05, 0.1) is 11.8 Å². The number of terminal acetylenes is 1. The Bertz CT molecular complexity index is 1020. The number of carbonyl (C=O) groups is 1. The Balaban J connectivity index is 1.75. The highest BCUT2D eigenvalue weighted by atomic mass is 19.1. The summed E-state index contributed by atoms with van der Waals surface area (Å²) in [6.45, 7) is -0.301. The van der Waals surface area contributed by atoms with Crippen LogP contribution in [0.3, 0.4) is 0 Å². The molecule has 0 amide bonds. The summed E-state index contributed by atoms with van der Waals surface area (Å²) in [6, 6.07) is 8.30. The van der Waals surface area contributed by atoms with Gasteiger partial charge in [-0.1, -0.05) is 24.1 Å². The number of carbonyl (C=O) groups excluding carboxylic acids is 1. The van der Waals surface area contributed by atoms with Crippen molar-refractivity contribution in [1.29, 1.82) is 0 Å². The number of hydrogen-bond acceptors (Lipinski definition) is 5. The third-order valence-corrected chi connectivity index (χ3v) is 3.73. The zero-order chi connectivity index (χ0) is 18.7. The number of aromatic amines is 1. The van der Waals surface area contributed by atoms with E-state index in [0.29, 0.717) is 5.56 Å². The number of halogens is 1. The number of nitrogens with one attached hydrogen (secondary N) is 1. The van der Waals surface area contributed by atoms with Crippen molar-refractivity contribution in [3.8, 4) is 12.3 Å². The van der Waals surface area contributed by atoms with Crippen molar-refractivity contribution >= 4 is 5.97 Å². The molecule has 7 nitrogen and oxygen atoms in total. The maximum atomic E-state index is 13.4. The van der Waals surface area contributed by atoms with Gasteiger partial charge in [0, 0.05) is 0 Å². The van der Waals surface area contributed by atoms with Crippen LogP contribution in [0.1, 0.15) is 16.6 Å². The van der Waals surface area contributed by atoms with Crippen LogP contribution in [0.25, 0.3) is 0 Å². The van der Waals surface area contributed by atoms with Crippen molar-refractivity contribution in [3.05, 3.63) is 80.9 Å². The first-order valence-corrected chi connectivity index (χ1v) is 7.52. The minimum absolute atomic E-state index is 0.301. The molecule has 132 valence electrons. The summed E-state index contributed by atoms with van der Waals surface area (Å²) in [5.41, 5.74) is -3.06. The number of ether oxygens (including phenoxy) is 2. The molecule has 26 heavy (non-hydrogen) atoms. The second kappa shape index (κ2) is 6.82. The molecule has 0 saturated heterocycles. The van der Waals surface area contributed by atoms with Gasteiger partial charge in [0.15, 0.2) is 11.8 Å². The molecule has 3 rings (SSSR count). The molecule has 0 radical (unpaired) electrons. The maximum Gasteiger partial charge on any atom is 0.338 e. The van der Waals surface area contributed by atoms with E-state index >= 15 is 0 Å². The van der Waals surface area contributed by atoms with E-state index in [1.54, 1.807) is 30.3 Å². The van der Waals surface area contributed by atoms with Crippen LogP contribution in [-0.2, 0) is 9.47 Å². The number of aromatic nitrogens is 2. The first-order valence-electron chi connectivity index (χ1n) is 7.52. The van der Waals surface area contributed by atoms with Gasteiger partial charge in [-0.25, -0.2) is 9.59 Å². The molecule has 8 heteroatoms. The second-order valence-electron chi connectivity index (χ2n) is 5.49. The lowest BCUT2D eigenvalue weighted by Crippen LogP contribution is -2.38. The minimum atomic E-state index is -1.42. The average Bonchev–Trinajstić information content (AvgIpc) is 3.08. The van der Waals surface area contributed by atoms with Gasteiger partial charge in [-0.3, -0.25) is 14.3 Å². The zero-order valence-corrected chi connectivity index (χ0v) is 13.3. The molecular formula is C18H13FN2O5. The van der Waals surface area contributed by atoms with Crippen molar-refractivity contribution in [1.82, 2.24) is 9.55 Å². The highest BCUT2D eigenvalue weighted by Gasteiger charge is 2.37. The normalized spacial score (nSPS) is 21.3. The smallest absolute Gasteiger partial charge is 0.338 e. The van der Waals surface area contributed by atoms with E-state index in [9.17, 15) is 18.8 Å². The molecule has 0 fully saturated rings. The summed E-state index contributed by atoms with van der Waals surface area (Å²) in [4.78, 5) is 36.8. The largest absolute Gasteiger partial charge is 0.458 e. The molecular weight excluding hydrogens is 343 g/mol.